The number of thiazole rings is 1. The predicted octanol–water partition coefficient (Wildman–Crippen LogP) is 4.50. The van der Waals surface area contributed by atoms with Gasteiger partial charge in [0.15, 0.2) is 29.3 Å². The number of carbonyl (C=O) groups is 3. The van der Waals surface area contributed by atoms with E-state index in [1.54, 1.807) is 0 Å². The Morgan fingerprint density at radius 3 is 2.15 bits per heavy atom. The number of nitrogens with one attached hydrogen (secondary N) is 2. The van der Waals surface area contributed by atoms with Gasteiger partial charge in [0.25, 0.3) is 11.8 Å². The number of carboxylic acids is 1. The Bertz CT molecular complexity index is 2190. The molecule has 2 aliphatic heterocycles. The van der Waals surface area contributed by atoms with Gasteiger partial charge in [-0.3, -0.25) is 14.5 Å². The number of amides is 2. The Morgan fingerprint density at radius 2 is 1.58 bits per heavy atom. The second-order valence-electron chi connectivity index (χ2n) is 12.8. The normalized spacial score (nSPS) is 17.1. The van der Waals surface area contributed by atoms with Gasteiger partial charge in [-0.2, -0.15) is 13.3 Å². The molecule has 3 aromatic carbocycles. The molecule has 2 atom stereocenters. The quantitative estimate of drug-likeness (QED) is 0.0586. The lowest BCUT2D eigenvalue weighted by molar-refractivity contribution is -0.695. The summed E-state index contributed by atoms with van der Waals surface area (Å²) in [6.45, 7) is 0.732. The Hall–Kier alpha value is -5.93. The number of fused-ring (bicyclic) bond motifs is 1. The summed E-state index contributed by atoms with van der Waals surface area (Å²) in [6, 6.07) is 31.8. The summed E-state index contributed by atoms with van der Waals surface area (Å²) >= 11 is 2.39. The molecule has 0 bridgehead atoms. The molecule has 4 heterocycles. The third-order valence-electron chi connectivity index (χ3n) is 9.60. The van der Waals surface area contributed by atoms with Crippen LogP contribution in [0.3, 0.4) is 0 Å². The summed E-state index contributed by atoms with van der Waals surface area (Å²) in [7, 11) is 0. The zero-order chi connectivity index (χ0) is 38.7. The second-order valence-corrected chi connectivity index (χ2v) is 14.8. The summed E-state index contributed by atoms with van der Waals surface area (Å²) in [6.07, 6.45) is 1.83. The number of nitrogens with zero attached hydrogens (tertiary/aromatic N) is 4. The number of anilines is 1. The van der Waals surface area contributed by atoms with Crippen LogP contribution in [0.25, 0.3) is 0 Å². The number of hydrogen-bond donors (Lipinski definition) is 2. The number of pyridine rings is 1. The predicted molar refractivity (Wildman–Crippen MR) is 202 cm³/mol. The molecule has 2 aromatic heterocycles. The molecule has 55 heavy (non-hydrogen) atoms. The number of carboxylic acid groups (broad SMARTS) is 1. The number of benzene rings is 3. The minimum absolute atomic E-state index is 0.0863. The van der Waals surface area contributed by atoms with Crippen molar-refractivity contribution in [2.45, 2.75) is 44.0 Å². The summed E-state index contributed by atoms with van der Waals surface area (Å²) in [4.78, 5) is 49.6. The van der Waals surface area contributed by atoms with E-state index < -0.39 is 47.1 Å². The molecule has 0 aliphatic carbocycles. The Kier molecular flexibility index (Phi) is 10.7. The molecule has 0 spiro atoms. The molecular weight excluding hydrogens is 747 g/mol. The van der Waals surface area contributed by atoms with Crippen molar-refractivity contribution in [1.82, 2.24) is 15.2 Å². The van der Waals surface area contributed by atoms with Crippen LogP contribution in [0.2, 0.25) is 0 Å². The first kappa shape index (κ1) is 37.4. The lowest BCUT2D eigenvalue weighted by Crippen LogP contribution is -2.71. The van der Waals surface area contributed by atoms with E-state index in [0.29, 0.717) is 10.7 Å². The first-order valence-electron chi connectivity index (χ1n) is 17.2. The van der Waals surface area contributed by atoms with Crippen LogP contribution in [0, 0.1) is 13.8 Å². The summed E-state index contributed by atoms with van der Waals surface area (Å²) in [5.74, 6) is -2.97. The maximum atomic E-state index is 13.8. The van der Waals surface area contributed by atoms with Gasteiger partial charge in [-0.05, 0) is 29.7 Å². The average molecular weight is 781 g/mol. The Balaban J connectivity index is 1.17. The van der Waals surface area contributed by atoms with Gasteiger partial charge >= 0.3 is 6.61 Å². The third-order valence-corrected chi connectivity index (χ3v) is 11.7. The number of rotatable bonds is 13. The molecule has 2 aliphatic rings. The minimum Gasteiger partial charge on any atom is -0.543 e. The van der Waals surface area contributed by atoms with E-state index in [0.717, 1.165) is 44.2 Å². The number of oxime groups is 1. The maximum absolute atomic E-state index is 13.8. The lowest BCUT2D eigenvalue weighted by atomic mass is 9.77. The van der Waals surface area contributed by atoms with Crippen LogP contribution in [0.4, 0.5) is 13.9 Å². The number of carbonyl (C=O) groups excluding carboxylic acids is 3. The highest BCUT2D eigenvalue weighted by Crippen LogP contribution is 2.42. The van der Waals surface area contributed by atoms with Crippen molar-refractivity contribution in [2.75, 3.05) is 11.1 Å². The lowest BCUT2D eigenvalue weighted by Gasteiger charge is -2.50. The minimum atomic E-state index is -3.35. The number of aryl methyl sites for hydroxylation is 1. The topological polar surface area (TPSA) is 140 Å². The monoisotopic (exact) mass is 780 g/mol. The van der Waals surface area contributed by atoms with Crippen LogP contribution in [0.15, 0.2) is 131 Å². The molecule has 15 heteroatoms. The molecule has 1 fully saturated rings. The molecule has 7 rings (SSSR count). The van der Waals surface area contributed by atoms with E-state index in [-0.39, 0.29) is 23.7 Å². The molecule has 0 saturated carbocycles. The number of aromatic nitrogens is 2. The number of hydrogen-bond acceptors (Lipinski definition) is 10. The van der Waals surface area contributed by atoms with Crippen molar-refractivity contribution in [2.24, 2.45) is 5.16 Å². The van der Waals surface area contributed by atoms with E-state index in [9.17, 15) is 28.3 Å². The highest BCUT2D eigenvalue weighted by Gasteiger charge is 2.53. The second kappa shape index (κ2) is 15.8. The Morgan fingerprint density at radius 1 is 0.982 bits per heavy atom. The first-order chi connectivity index (χ1) is 26.6. The van der Waals surface area contributed by atoms with E-state index in [4.69, 9.17) is 0 Å². The molecule has 5 aromatic rings. The molecular formula is C40H34F2N6O5S2. The van der Waals surface area contributed by atoms with E-state index >= 15 is 0 Å². The van der Waals surface area contributed by atoms with E-state index in [1.165, 1.54) is 17.1 Å². The van der Waals surface area contributed by atoms with Crippen LogP contribution in [0.1, 0.15) is 33.6 Å². The fourth-order valence-corrected chi connectivity index (χ4v) is 8.89. The number of halogens is 2. The highest BCUT2D eigenvalue weighted by atomic mass is 32.2. The van der Waals surface area contributed by atoms with Gasteiger partial charge in [-0.15, -0.1) is 23.1 Å². The molecule has 0 radical (unpaired) electrons. The van der Waals surface area contributed by atoms with Crippen molar-refractivity contribution >= 4 is 51.7 Å². The number of β-lactam (4-membered cyclic amide) rings is 1. The third kappa shape index (κ3) is 7.32. The maximum Gasteiger partial charge on any atom is 0.407 e. The fraction of sp³-hybridized carbons (Fsp3) is 0.200. The van der Waals surface area contributed by atoms with Gasteiger partial charge < -0.3 is 25.4 Å². The zero-order valence-corrected chi connectivity index (χ0v) is 31.2. The van der Waals surface area contributed by atoms with Gasteiger partial charge in [0.05, 0.1) is 11.7 Å². The van der Waals surface area contributed by atoms with Crippen LogP contribution in [-0.2, 0) is 31.3 Å². The van der Waals surface area contributed by atoms with Gasteiger partial charge in [0, 0.05) is 35.3 Å². The molecule has 11 nitrogen and oxygen atoms in total. The summed E-state index contributed by atoms with van der Waals surface area (Å²) in [5, 5.41) is 23.0. The first-order valence-corrected chi connectivity index (χ1v) is 19.1. The van der Waals surface area contributed by atoms with Crippen molar-refractivity contribution in [3.8, 4) is 0 Å². The molecule has 1 unspecified atom stereocenters. The van der Waals surface area contributed by atoms with Crippen LogP contribution < -0.4 is 20.3 Å². The summed E-state index contributed by atoms with van der Waals surface area (Å²) < 4.78 is 28.5. The van der Waals surface area contributed by atoms with Crippen molar-refractivity contribution in [3.05, 3.63) is 160 Å². The van der Waals surface area contributed by atoms with Gasteiger partial charge in [0.1, 0.15) is 22.6 Å². The zero-order valence-electron chi connectivity index (χ0n) is 29.5. The van der Waals surface area contributed by atoms with Crippen molar-refractivity contribution in [1.29, 1.82) is 0 Å². The largest absolute Gasteiger partial charge is 0.543 e. The van der Waals surface area contributed by atoms with Gasteiger partial charge in [-0.1, -0.05) is 96.2 Å². The highest BCUT2D eigenvalue weighted by molar-refractivity contribution is 8.00. The molecule has 1 saturated heterocycles. The number of thioether (sulfide) groups is 1. The molecule has 2 N–H and O–H groups in total. The van der Waals surface area contributed by atoms with Crippen LogP contribution in [-0.4, -0.2) is 57.2 Å². The van der Waals surface area contributed by atoms with E-state index in [2.05, 4.69) is 25.6 Å². The molecule has 2 amide bonds. The van der Waals surface area contributed by atoms with E-state index in [1.807, 2.05) is 128 Å². The van der Waals surface area contributed by atoms with Crippen molar-refractivity contribution < 1.29 is 37.7 Å². The number of aliphatic carboxylic acids is 1. The SMILES string of the molecule is Cc1ccc[n+](CC2=C(C(=O)[O-])N3C(=O)C(NC(=O)C(=NOC(F)F)c4csc(NC(c5ccccc5)(c5ccccc5)c5ccccc5)n4)[C@@H]3SC2)c1C. The van der Waals surface area contributed by atoms with Gasteiger partial charge in [-0.25, -0.2) is 4.98 Å². The van der Waals surface area contributed by atoms with Crippen LogP contribution in [0.5, 0.6) is 0 Å². The standard InChI is InChI=1S/C40H34F2N6O5S2/c1-24-13-12-20-47(25(24)2)21-26-22-54-36-32(35(50)48(36)33(26)37(51)52)44-34(49)31(46-53-38(41)42)30-23-55-39(43-30)45-40(27-14-6-3-7-15-27,28-16-8-4-9-17-28)29-18-10-5-11-19-29/h3-20,23,32,36,38H,21-22H2,1-2H3,(H2-,43,44,45,49,51,52)/t32?,36-/m0/s1. The Labute approximate surface area is 323 Å². The average Bonchev–Trinajstić information content (AvgIpc) is 3.66. The number of alkyl halides is 2. The smallest absolute Gasteiger partial charge is 0.407 e. The van der Waals surface area contributed by atoms with Crippen molar-refractivity contribution in [3.63, 3.8) is 0 Å². The van der Waals surface area contributed by atoms with Gasteiger partial charge in [0.2, 0.25) is 0 Å². The fourth-order valence-electron chi connectivity index (χ4n) is 6.81. The summed E-state index contributed by atoms with van der Waals surface area (Å²) in [5.41, 5.74) is 3.17. The van der Waals surface area contributed by atoms with Crippen LogP contribution >= 0.6 is 23.1 Å². The molecule has 280 valence electrons.